The van der Waals surface area contributed by atoms with Crippen LogP contribution in [0.25, 0.3) is 0 Å². The molecule has 1 fully saturated rings. The Bertz CT molecular complexity index is 369. The summed E-state index contributed by atoms with van der Waals surface area (Å²) < 4.78 is 1.51. The van der Waals surface area contributed by atoms with E-state index in [1.165, 1.54) is 23.9 Å². The molecule has 0 saturated heterocycles. The van der Waals surface area contributed by atoms with E-state index < -0.39 is 0 Å². The lowest BCUT2D eigenvalue weighted by molar-refractivity contribution is -0.121. The molecule has 1 aliphatic rings. The Balaban J connectivity index is 1.79. The average Bonchev–Trinajstić information content (AvgIpc) is 2.95. The molecule has 88 valence electrons. The van der Waals surface area contributed by atoms with Crippen LogP contribution in [0.1, 0.15) is 31.6 Å². The highest BCUT2D eigenvalue weighted by Crippen LogP contribution is 2.27. The van der Waals surface area contributed by atoms with Gasteiger partial charge in [-0.15, -0.1) is 0 Å². The van der Waals surface area contributed by atoms with Crippen molar-refractivity contribution < 1.29 is 4.79 Å². The summed E-state index contributed by atoms with van der Waals surface area (Å²) in [6.45, 7) is 2.81. The van der Waals surface area contributed by atoms with Gasteiger partial charge in [0.2, 0.25) is 5.91 Å². The van der Waals surface area contributed by atoms with Crippen molar-refractivity contribution in [1.29, 1.82) is 0 Å². The average molecular weight is 223 g/mol. The van der Waals surface area contributed by atoms with E-state index in [-0.39, 0.29) is 18.5 Å². The Labute approximate surface area is 94.2 Å². The molecule has 0 radical (unpaired) electrons. The molecule has 1 aliphatic carbocycles. The summed E-state index contributed by atoms with van der Waals surface area (Å²) in [6, 6.07) is -0.198. The maximum absolute atomic E-state index is 11.5. The highest BCUT2D eigenvalue weighted by molar-refractivity contribution is 5.75. The fraction of sp³-hybridized carbons (Fsp3) is 0.700. The van der Waals surface area contributed by atoms with Crippen LogP contribution in [0.15, 0.2) is 6.33 Å². The van der Waals surface area contributed by atoms with Crippen molar-refractivity contribution in [2.75, 3.05) is 6.54 Å². The maximum atomic E-state index is 11.5. The molecule has 0 aliphatic heterocycles. The van der Waals surface area contributed by atoms with E-state index in [4.69, 9.17) is 5.73 Å². The third kappa shape index (κ3) is 3.03. The number of carbonyl (C=O) groups excluding carboxylic acids is 1. The summed E-state index contributed by atoms with van der Waals surface area (Å²) >= 11 is 0. The lowest BCUT2D eigenvalue weighted by Crippen LogP contribution is -2.29. The molecule has 16 heavy (non-hydrogen) atoms. The van der Waals surface area contributed by atoms with Gasteiger partial charge in [-0.3, -0.25) is 4.79 Å². The Morgan fingerprint density at radius 1 is 1.75 bits per heavy atom. The minimum atomic E-state index is -0.198. The van der Waals surface area contributed by atoms with E-state index in [0.717, 1.165) is 6.54 Å². The van der Waals surface area contributed by atoms with Gasteiger partial charge in [-0.2, -0.15) is 5.10 Å². The summed E-state index contributed by atoms with van der Waals surface area (Å²) in [4.78, 5) is 15.5. The lowest BCUT2D eigenvalue weighted by atomic mass is 10.3. The number of amides is 1. The number of nitrogens with one attached hydrogen (secondary N) is 1. The van der Waals surface area contributed by atoms with Crippen molar-refractivity contribution in [3.63, 3.8) is 0 Å². The van der Waals surface area contributed by atoms with Gasteiger partial charge in [0.25, 0.3) is 0 Å². The first kappa shape index (κ1) is 11.1. The number of carbonyl (C=O) groups is 1. The largest absolute Gasteiger partial charge is 0.354 e. The molecule has 6 nitrogen and oxygen atoms in total. The van der Waals surface area contributed by atoms with E-state index in [2.05, 4.69) is 15.4 Å². The molecule has 1 unspecified atom stereocenters. The quantitative estimate of drug-likeness (QED) is 0.725. The SMILES string of the molecule is CC(N)c1ncn(CC(=O)NCC2CC2)n1. The fourth-order valence-electron chi connectivity index (χ4n) is 1.38. The molecule has 2 rings (SSSR count). The Kier molecular flexibility index (Phi) is 3.19. The van der Waals surface area contributed by atoms with Crippen LogP contribution in [-0.4, -0.2) is 27.2 Å². The van der Waals surface area contributed by atoms with Gasteiger partial charge >= 0.3 is 0 Å². The number of hydrogen-bond acceptors (Lipinski definition) is 4. The zero-order valence-electron chi connectivity index (χ0n) is 9.39. The van der Waals surface area contributed by atoms with E-state index in [1.807, 2.05) is 6.92 Å². The van der Waals surface area contributed by atoms with Crippen LogP contribution in [0.5, 0.6) is 0 Å². The minimum absolute atomic E-state index is 0.0203. The van der Waals surface area contributed by atoms with Gasteiger partial charge in [-0.1, -0.05) is 0 Å². The molecule has 1 aromatic rings. The molecule has 1 heterocycles. The highest BCUT2D eigenvalue weighted by Gasteiger charge is 2.21. The molecule has 1 saturated carbocycles. The molecule has 0 aromatic carbocycles. The van der Waals surface area contributed by atoms with Gasteiger partial charge in [0.05, 0.1) is 6.04 Å². The molecule has 3 N–H and O–H groups in total. The number of aromatic nitrogens is 3. The van der Waals surface area contributed by atoms with E-state index in [0.29, 0.717) is 11.7 Å². The zero-order chi connectivity index (χ0) is 11.5. The molecular formula is C10H17N5O. The molecule has 6 heteroatoms. The molecule has 1 amide bonds. The van der Waals surface area contributed by atoms with Gasteiger partial charge in [0, 0.05) is 6.54 Å². The Morgan fingerprint density at radius 3 is 3.06 bits per heavy atom. The second-order valence-electron chi connectivity index (χ2n) is 4.34. The smallest absolute Gasteiger partial charge is 0.241 e. The minimum Gasteiger partial charge on any atom is -0.354 e. The van der Waals surface area contributed by atoms with Gasteiger partial charge in [-0.25, -0.2) is 9.67 Å². The third-order valence-electron chi connectivity index (χ3n) is 2.55. The van der Waals surface area contributed by atoms with Crippen molar-refractivity contribution in [1.82, 2.24) is 20.1 Å². The standard InChI is InChI=1S/C10H17N5O/c1-7(11)10-13-6-15(14-10)5-9(16)12-4-8-2-3-8/h6-8H,2-5,11H2,1H3,(H,12,16). The van der Waals surface area contributed by atoms with Crippen LogP contribution in [0.3, 0.4) is 0 Å². The normalized spacial score (nSPS) is 17.1. The molecule has 0 spiro atoms. The summed E-state index contributed by atoms with van der Waals surface area (Å²) in [6.07, 6.45) is 4.01. The summed E-state index contributed by atoms with van der Waals surface area (Å²) in [7, 11) is 0. The second kappa shape index (κ2) is 4.61. The van der Waals surface area contributed by atoms with E-state index in [1.54, 1.807) is 0 Å². The molecular weight excluding hydrogens is 206 g/mol. The monoisotopic (exact) mass is 223 g/mol. The third-order valence-corrected chi connectivity index (χ3v) is 2.55. The van der Waals surface area contributed by atoms with Crippen LogP contribution in [0.2, 0.25) is 0 Å². The topological polar surface area (TPSA) is 85.8 Å². The second-order valence-corrected chi connectivity index (χ2v) is 4.34. The van der Waals surface area contributed by atoms with Crippen LogP contribution in [0.4, 0.5) is 0 Å². The number of nitrogens with two attached hydrogens (primary N) is 1. The van der Waals surface area contributed by atoms with Gasteiger partial charge in [0.15, 0.2) is 5.82 Å². The van der Waals surface area contributed by atoms with Crippen LogP contribution < -0.4 is 11.1 Å². The predicted octanol–water partition coefficient (Wildman–Crippen LogP) is -0.176. The molecule has 1 atom stereocenters. The predicted molar refractivity (Wildman–Crippen MR) is 58.4 cm³/mol. The van der Waals surface area contributed by atoms with Crippen molar-refractivity contribution in [3.8, 4) is 0 Å². The molecule has 1 aromatic heterocycles. The van der Waals surface area contributed by atoms with Gasteiger partial charge < -0.3 is 11.1 Å². The fourth-order valence-corrected chi connectivity index (χ4v) is 1.38. The van der Waals surface area contributed by atoms with Crippen LogP contribution in [-0.2, 0) is 11.3 Å². The highest BCUT2D eigenvalue weighted by atomic mass is 16.2. The van der Waals surface area contributed by atoms with Crippen molar-refractivity contribution in [3.05, 3.63) is 12.2 Å². The summed E-state index contributed by atoms with van der Waals surface area (Å²) in [5.74, 6) is 1.24. The first-order valence-corrected chi connectivity index (χ1v) is 5.57. The summed E-state index contributed by atoms with van der Waals surface area (Å²) in [5, 5.41) is 6.98. The number of rotatable bonds is 5. The summed E-state index contributed by atoms with van der Waals surface area (Å²) in [5.41, 5.74) is 5.63. The van der Waals surface area contributed by atoms with E-state index >= 15 is 0 Å². The lowest BCUT2D eigenvalue weighted by Gasteiger charge is -2.03. The maximum Gasteiger partial charge on any atom is 0.241 e. The van der Waals surface area contributed by atoms with Crippen molar-refractivity contribution in [2.45, 2.75) is 32.4 Å². The number of hydrogen-bond donors (Lipinski definition) is 2. The Hall–Kier alpha value is -1.43. The van der Waals surface area contributed by atoms with Crippen LogP contribution >= 0.6 is 0 Å². The van der Waals surface area contributed by atoms with Gasteiger partial charge in [-0.05, 0) is 25.7 Å². The Morgan fingerprint density at radius 2 is 2.50 bits per heavy atom. The van der Waals surface area contributed by atoms with Crippen LogP contribution in [0, 0.1) is 5.92 Å². The number of nitrogens with zero attached hydrogens (tertiary/aromatic N) is 3. The first-order chi connectivity index (χ1) is 7.65. The van der Waals surface area contributed by atoms with Crippen molar-refractivity contribution >= 4 is 5.91 Å². The molecule has 0 bridgehead atoms. The van der Waals surface area contributed by atoms with E-state index in [9.17, 15) is 4.79 Å². The zero-order valence-corrected chi connectivity index (χ0v) is 9.39. The van der Waals surface area contributed by atoms with Crippen molar-refractivity contribution in [2.24, 2.45) is 11.7 Å². The first-order valence-electron chi connectivity index (χ1n) is 5.57. The van der Waals surface area contributed by atoms with Gasteiger partial charge in [0.1, 0.15) is 12.9 Å².